The smallest absolute Gasteiger partial charge is 0.162 e. The maximum atomic E-state index is 13.0. The maximum Gasteiger partial charge on any atom is 0.162 e. The van der Waals surface area contributed by atoms with E-state index in [-0.39, 0.29) is 13.2 Å². The third kappa shape index (κ3) is 3.52. The van der Waals surface area contributed by atoms with Crippen molar-refractivity contribution in [2.75, 3.05) is 7.11 Å². The summed E-state index contributed by atoms with van der Waals surface area (Å²) in [6.07, 6.45) is 0. The molecular formula is C13H14FNO4. The van der Waals surface area contributed by atoms with Crippen LogP contribution in [-0.2, 0) is 24.6 Å². The Morgan fingerprint density at radius 1 is 1.32 bits per heavy atom. The second-order valence-corrected chi connectivity index (χ2v) is 3.92. The fraction of sp³-hybridized carbons (Fsp3) is 0.308. The molecule has 1 aromatic heterocycles. The number of ether oxygens (including phenoxy) is 2. The van der Waals surface area contributed by atoms with Gasteiger partial charge in [0.15, 0.2) is 5.76 Å². The van der Waals surface area contributed by atoms with Crippen LogP contribution in [0.5, 0.6) is 5.75 Å². The van der Waals surface area contributed by atoms with Gasteiger partial charge in [-0.3, -0.25) is 0 Å². The zero-order chi connectivity index (χ0) is 13.7. The quantitative estimate of drug-likeness (QED) is 0.867. The highest BCUT2D eigenvalue weighted by molar-refractivity contribution is 5.33. The van der Waals surface area contributed by atoms with Gasteiger partial charge in [-0.1, -0.05) is 5.16 Å². The van der Waals surface area contributed by atoms with E-state index in [0.29, 0.717) is 29.4 Å². The number of methoxy groups -OCH3 is 1. The number of benzene rings is 1. The lowest BCUT2D eigenvalue weighted by molar-refractivity contribution is 0.155. The van der Waals surface area contributed by atoms with Crippen LogP contribution in [0.25, 0.3) is 0 Å². The highest BCUT2D eigenvalue weighted by atomic mass is 19.1. The van der Waals surface area contributed by atoms with Gasteiger partial charge < -0.3 is 19.1 Å². The zero-order valence-electron chi connectivity index (χ0n) is 10.4. The Morgan fingerprint density at radius 3 is 2.89 bits per heavy atom. The van der Waals surface area contributed by atoms with E-state index < -0.39 is 5.82 Å². The Bertz CT molecular complexity index is 541. The van der Waals surface area contributed by atoms with Gasteiger partial charge in [0.2, 0.25) is 0 Å². The number of aliphatic hydroxyl groups excluding tert-OH is 1. The molecule has 2 rings (SSSR count). The standard InChI is InChI=1S/C13H14FNO4/c1-17-8-12-5-11(15-19-12)7-18-13-3-2-10(14)4-9(13)6-16/h2-5,16H,6-8H2,1H3. The van der Waals surface area contributed by atoms with Crippen LogP contribution in [0.2, 0.25) is 0 Å². The molecule has 0 radical (unpaired) electrons. The van der Waals surface area contributed by atoms with Crippen molar-refractivity contribution >= 4 is 0 Å². The van der Waals surface area contributed by atoms with Crippen molar-refractivity contribution < 1.29 is 23.5 Å². The van der Waals surface area contributed by atoms with Gasteiger partial charge in [-0.25, -0.2) is 4.39 Å². The summed E-state index contributed by atoms with van der Waals surface area (Å²) in [6.45, 7) is 0.220. The maximum absolute atomic E-state index is 13.0. The Kier molecular flexibility index (Phi) is 4.48. The topological polar surface area (TPSA) is 64.7 Å². The minimum Gasteiger partial charge on any atom is -0.487 e. The zero-order valence-corrected chi connectivity index (χ0v) is 10.4. The van der Waals surface area contributed by atoms with E-state index in [4.69, 9.17) is 19.1 Å². The van der Waals surface area contributed by atoms with E-state index >= 15 is 0 Å². The molecule has 0 atom stereocenters. The summed E-state index contributed by atoms with van der Waals surface area (Å²) in [6, 6.07) is 5.69. The number of rotatable bonds is 6. The molecule has 0 saturated heterocycles. The van der Waals surface area contributed by atoms with Crippen molar-refractivity contribution in [3.63, 3.8) is 0 Å². The molecule has 0 fully saturated rings. The van der Waals surface area contributed by atoms with Crippen molar-refractivity contribution in [1.82, 2.24) is 5.16 Å². The molecule has 102 valence electrons. The molecule has 0 aliphatic heterocycles. The molecule has 1 heterocycles. The normalized spacial score (nSPS) is 10.7. The predicted octanol–water partition coefficient (Wildman–Crippen LogP) is 2.03. The van der Waals surface area contributed by atoms with E-state index in [2.05, 4.69) is 5.16 Å². The third-order valence-electron chi connectivity index (χ3n) is 2.46. The highest BCUT2D eigenvalue weighted by Gasteiger charge is 2.08. The number of nitrogens with zero attached hydrogens (tertiary/aromatic N) is 1. The van der Waals surface area contributed by atoms with Gasteiger partial charge in [0.1, 0.15) is 30.5 Å². The fourth-order valence-corrected chi connectivity index (χ4v) is 1.60. The van der Waals surface area contributed by atoms with Crippen LogP contribution in [0.1, 0.15) is 17.0 Å². The van der Waals surface area contributed by atoms with Crippen LogP contribution in [0, 0.1) is 5.82 Å². The van der Waals surface area contributed by atoms with E-state index in [1.807, 2.05) is 0 Å². The Morgan fingerprint density at radius 2 is 2.16 bits per heavy atom. The molecule has 0 unspecified atom stereocenters. The largest absolute Gasteiger partial charge is 0.487 e. The molecule has 0 amide bonds. The fourth-order valence-electron chi connectivity index (χ4n) is 1.60. The van der Waals surface area contributed by atoms with E-state index in [1.54, 1.807) is 13.2 Å². The predicted molar refractivity (Wildman–Crippen MR) is 63.9 cm³/mol. The van der Waals surface area contributed by atoms with Crippen LogP contribution in [0.3, 0.4) is 0 Å². The molecule has 1 N–H and O–H groups in total. The molecule has 2 aromatic rings. The van der Waals surface area contributed by atoms with Gasteiger partial charge in [0.25, 0.3) is 0 Å². The van der Waals surface area contributed by atoms with Crippen LogP contribution < -0.4 is 4.74 Å². The average molecular weight is 267 g/mol. The van der Waals surface area contributed by atoms with E-state index in [1.165, 1.54) is 18.2 Å². The van der Waals surface area contributed by atoms with Gasteiger partial charge in [-0.05, 0) is 18.2 Å². The van der Waals surface area contributed by atoms with Crippen molar-refractivity contribution in [2.24, 2.45) is 0 Å². The van der Waals surface area contributed by atoms with Crippen LogP contribution >= 0.6 is 0 Å². The molecule has 19 heavy (non-hydrogen) atoms. The van der Waals surface area contributed by atoms with Gasteiger partial charge in [0.05, 0.1) is 6.61 Å². The van der Waals surface area contributed by atoms with Crippen LogP contribution in [0.4, 0.5) is 4.39 Å². The van der Waals surface area contributed by atoms with Crippen LogP contribution in [0.15, 0.2) is 28.8 Å². The Labute approximate surface area is 109 Å². The first-order valence-electron chi connectivity index (χ1n) is 5.68. The molecule has 6 heteroatoms. The summed E-state index contributed by atoms with van der Waals surface area (Å²) in [5.41, 5.74) is 0.987. The lowest BCUT2D eigenvalue weighted by Crippen LogP contribution is -1.99. The number of aliphatic hydroxyl groups is 1. The second kappa shape index (κ2) is 6.31. The molecule has 0 spiro atoms. The number of hydrogen-bond donors (Lipinski definition) is 1. The SMILES string of the molecule is COCc1cc(COc2ccc(F)cc2CO)no1. The van der Waals surface area contributed by atoms with Crippen molar-refractivity contribution in [3.05, 3.63) is 47.1 Å². The number of aromatic nitrogens is 1. The lowest BCUT2D eigenvalue weighted by atomic mass is 10.2. The minimum absolute atomic E-state index is 0.172. The number of halogens is 1. The number of hydrogen-bond acceptors (Lipinski definition) is 5. The molecule has 5 nitrogen and oxygen atoms in total. The molecule has 0 aliphatic rings. The van der Waals surface area contributed by atoms with Gasteiger partial charge >= 0.3 is 0 Å². The molecular weight excluding hydrogens is 253 g/mol. The van der Waals surface area contributed by atoms with E-state index in [0.717, 1.165) is 0 Å². The summed E-state index contributed by atoms with van der Waals surface area (Å²) in [5, 5.41) is 12.9. The average Bonchev–Trinajstić information content (AvgIpc) is 2.85. The lowest BCUT2D eigenvalue weighted by Gasteiger charge is -2.08. The second-order valence-electron chi connectivity index (χ2n) is 3.92. The summed E-state index contributed by atoms with van der Waals surface area (Å²) in [7, 11) is 1.56. The third-order valence-corrected chi connectivity index (χ3v) is 2.46. The monoisotopic (exact) mass is 267 g/mol. The van der Waals surface area contributed by atoms with Gasteiger partial charge in [-0.2, -0.15) is 0 Å². The highest BCUT2D eigenvalue weighted by Crippen LogP contribution is 2.21. The molecule has 1 aromatic carbocycles. The Balaban J connectivity index is 2.01. The summed E-state index contributed by atoms with van der Waals surface area (Å²) in [5.74, 6) is 0.600. The first kappa shape index (κ1) is 13.5. The minimum atomic E-state index is -0.416. The van der Waals surface area contributed by atoms with Crippen molar-refractivity contribution in [3.8, 4) is 5.75 Å². The summed E-state index contributed by atoms with van der Waals surface area (Å²) in [4.78, 5) is 0. The van der Waals surface area contributed by atoms with Crippen LogP contribution in [-0.4, -0.2) is 17.4 Å². The summed E-state index contributed by atoms with van der Waals surface area (Å²) >= 11 is 0. The Hall–Kier alpha value is -1.92. The first-order chi connectivity index (χ1) is 9.22. The van der Waals surface area contributed by atoms with Crippen molar-refractivity contribution in [1.29, 1.82) is 0 Å². The molecule has 0 aliphatic carbocycles. The molecule has 0 bridgehead atoms. The van der Waals surface area contributed by atoms with Crippen molar-refractivity contribution in [2.45, 2.75) is 19.8 Å². The summed E-state index contributed by atoms with van der Waals surface area (Å²) < 4.78 is 28.4. The van der Waals surface area contributed by atoms with Gasteiger partial charge in [0, 0.05) is 18.7 Å². The molecule has 0 saturated carbocycles. The van der Waals surface area contributed by atoms with Gasteiger partial charge in [-0.15, -0.1) is 0 Å². The first-order valence-corrected chi connectivity index (χ1v) is 5.68. The van der Waals surface area contributed by atoms with E-state index in [9.17, 15) is 4.39 Å².